The van der Waals surface area contributed by atoms with Gasteiger partial charge in [-0.1, -0.05) is 48.5 Å². The fraction of sp³-hybridized carbons (Fsp3) is 0.333. The van der Waals surface area contributed by atoms with Gasteiger partial charge < -0.3 is 56.8 Å². The Morgan fingerprint density at radius 3 is 0.741 bits per heavy atom. The van der Waals surface area contributed by atoms with Crippen molar-refractivity contribution in [3.05, 3.63) is 119 Å². The average Bonchev–Trinajstić information content (AvgIpc) is 4.07. The zero-order valence-electron chi connectivity index (χ0n) is 30.9. The van der Waals surface area contributed by atoms with Gasteiger partial charge in [-0.05, 0) is 70.8 Å². The minimum Gasteiger partial charge on any atom is -0.490 e. The smallest absolute Gasteiger partial charge is 0.490 e. The summed E-state index contributed by atoms with van der Waals surface area (Å²) in [6, 6.07) is 30.9. The molecule has 4 aromatic carbocycles. The molecule has 4 atom stereocenters. The molecule has 0 radical (unpaired) electrons. The maximum Gasteiger partial charge on any atom is 0.508 e. The van der Waals surface area contributed by atoms with Crippen molar-refractivity contribution in [1.82, 2.24) is 0 Å². The van der Waals surface area contributed by atoms with Gasteiger partial charge in [0.25, 0.3) is 0 Å². The van der Waals surface area contributed by atoms with Crippen molar-refractivity contribution in [2.24, 2.45) is 0 Å². The molecule has 16 nitrogen and oxygen atoms in total. The van der Waals surface area contributed by atoms with Crippen LogP contribution in [-0.4, -0.2) is 102 Å². The summed E-state index contributed by atoms with van der Waals surface area (Å²) >= 11 is 0. The van der Waals surface area contributed by atoms with E-state index in [1.807, 2.05) is 97.1 Å². The van der Waals surface area contributed by atoms with E-state index in [0.29, 0.717) is 23.0 Å². The van der Waals surface area contributed by atoms with Gasteiger partial charge in [0.1, 0.15) is 75.9 Å². The maximum absolute atomic E-state index is 11.4. The van der Waals surface area contributed by atoms with Crippen LogP contribution in [0.3, 0.4) is 0 Å². The Morgan fingerprint density at radius 1 is 0.362 bits per heavy atom. The number of benzene rings is 4. The fourth-order valence-corrected chi connectivity index (χ4v) is 6.79. The molecule has 4 saturated heterocycles. The predicted molar refractivity (Wildman–Crippen MR) is 196 cm³/mol. The number of carbonyl (C=O) groups is 4. The molecule has 0 aromatic heterocycles. The zero-order chi connectivity index (χ0) is 39.8. The Morgan fingerprint density at radius 2 is 0.569 bits per heavy atom. The standard InChI is InChI=1S/C42H38O16/c43-39-51-21-33(55-39)17-47-29-9-1-25(2-10-29)37(26-3-11-30(12-4-26)48-18-34-22-52-40(44)56-34)38(27-5-13-31(14-6-27)49-19-35-23-53-41(45)57-35)28-7-15-32(16-8-28)50-20-36-24-54-42(46)58-36/h1-16,33-38H,17-24H2. The number of hydrogen-bond donors (Lipinski definition) is 0. The third-order valence-corrected chi connectivity index (χ3v) is 9.63. The summed E-state index contributed by atoms with van der Waals surface area (Å²) in [5.41, 5.74) is 3.85. The quantitative estimate of drug-likeness (QED) is 0.0856. The van der Waals surface area contributed by atoms with E-state index in [2.05, 4.69) is 0 Å². The summed E-state index contributed by atoms with van der Waals surface area (Å²) < 4.78 is 63.7. The minimum atomic E-state index is -0.715. The van der Waals surface area contributed by atoms with Crippen molar-refractivity contribution in [3.8, 4) is 23.0 Å². The second-order valence-electron chi connectivity index (χ2n) is 13.7. The van der Waals surface area contributed by atoms with Crippen LogP contribution in [0.1, 0.15) is 34.1 Å². The lowest BCUT2D eigenvalue weighted by Gasteiger charge is -2.30. The van der Waals surface area contributed by atoms with Gasteiger partial charge in [-0.3, -0.25) is 0 Å². The van der Waals surface area contributed by atoms with Crippen molar-refractivity contribution in [2.45, 2.75) is 36.3 Å². The van der Waals surface area contributed by atoms with Crippen LogP contribution in [0.25, 0.3) is 0 Å². The largest absolute Gasteiger partial charge is 0.508 e. The lowest BCUT2D eigenvalue weighted by atomic mass is 9.73. The van der Waals surface area contributed by atoms with E-state index >= 15 is 0 Å². The molecule has 58 heavy (non-hydrogen) atoms. The van der Waals surface area contributed by atoms with E-state index in [0.717, 1.165) is 22.3 Å². The number of rotatable bonds is 17. The molecule has 4 aliphatic rings. The van der Waals surface area contributed by atoms with Crippen LogP contribution in [-0.2, 0) is 37.9 Å². The Bertz CT molecular complexity index is 1760. The molecule has 4 fully saturated rings. The summed E-state index contributed by atoms with van der Waals surface area (Å²) in [4.78, 5) is 45.6. The van der Waals surface area contributed by atoms with Crippen molar-refractivity contribution >= 4 is 24.6 Å². The zero-order valence-corrected chi connectivity index (χ0v) is 30.9. The van der Waals surface area contributed by atoms with Crippen LogP contribution in [0.15, 0.2) is 97.1 Å². The van der Waals surface area contributed by atoms with Crippen LogP contribution < -0.4 is 18.9 Å². The Kier molecular flexibility index (Phi) is 11.5. The minimum absolute atomic E-state index is 0.124. The maximum atomic E-state index is 11.4. The molecule has 16 heteroatoms. The van der Waals surface area contributed by atoms with Gasteiger partial charge >= 0.3 is 24.6 Å². The Labute approximate surface area is 331 Å². The highest BCUT2D eigenvalue weighted by molar-refractivity contribution is 5.63. The highest BCUT2D eigenvalue weighted by atomic mass is 16.8. The molecule has 4 heterocycles. The molecule has 0 saturated carbocycles. The SMILES string of the molecule is O=C1OCC(COc2ccc(C(c3ccc(OCC4COC(=O)O4)cc3)C(c3ccc(OCC4COC(=O)O4)cc3)c3ccc(OCC4COC(=O)O4)cc3)cc2)O1. The second-order valence-corrected chi connectivity index (χ2v) is 13.7. The summed E-state index contributed by atoms with van der Waals surface area (Å²) in [6.07, 6.45) is -4.86. The van der Waals surface area contributed by atoms with E-state index in [9.17, 15) is 19.2 Å². The van der Waals surface area contributed by atoms with Gasteiger partial charge in [0.05, 0.1) is 0 Å². The first-order valence-corrected chi connectivity index (χ1v) is 18.6. The normalized spacial score (nSPS) is 21.9. The second kappa shape index (κ2) is 17.5. The average molecular weight is 799 g/mol. The lowest BCUT2D eigenvalue weighted by Crippen LogP contribution is -2.20. The van der Waals surface area contributed by atoms with Crippen molar-refractivity contribution in [2.75, 3.05) is 52.9 Å². The first-order valence-electron chi connectivity index (χ1n) is 18.6. The van der Waals surface area contributed by atoms with Crippen molar-refractivity contribution in [1.29, 1.82) is 0 Å². The number of carbonyl (C=O) groups excluding carboxylic acids is 4. The molecule has 4 aliphatic heterocycles. The van der Waals surface area contributed by atoms with Crippen LogP contribution in [0.2, 0.25) is 0 Å². The van der Waals surface area contributed by atoms with E-state index in [1.54, 1.807) is 0 Å². The predicted octanol–water partition coefficient (Wildman–Crippen LogP) is 6.31. The molecule has 0 aliphatic carbocycles. The highest BCUT2D eigenvalue weighted by Gasteiger charge is 2.31. The van der Waals surface area contributed by atoms with E-state index in [-0.39, 0.29) is 64.7 Å². The molecule has 4 unspecified atom stereocenters. The third kappa shape index (κ3) is 9.57. The molecule has 4 aromatic rings. The van der Waals surface area contributed by atoms with Gasteiger partial charge in [-0.15, -0.1) is 0 Å². The molecule has 0 bridgehead atoms. The molecule has 0 amide bonds. The summed E-state index contributed by atoms with van der Waals surface area (Å²) in [5.74, 6) is 1.79. The van der Waals surface area contributed by atoms with Crippen LogP contribution >= 0.6 is 0 Å². The molecule has 8 rings (SSSR count). The fourth-order valence-electron chi connectivity index (χ4n) is 6.79. The summed E-state index contributed by atoms with van der Waals surface area (Å²) in [7, 11) is 0. The van der Waals surface area contributed by atoms with Crippen molar-refractivity contribution < 1.29 is 76.0 Å². The van der Waals surface area contributed by atoms with E-state index in [4.69, 9.17) is 56.8 Å². The lowest BCUT2D eigenvalue weighted by molar-refractivity contribution is 0.0976. The first-order chi connectivity index (χ1) is 28.3. The Hall–Kier alpha value is -6.84. The molecular weight excluding hydrogens is 760 g/mol. The topological polar surface area (TPSA) is 179 Å². The van der Waals surface area contributed by atoms with Crippen LogP contribution in [0.5, 0.6) is 23.0 Å². The number of ether oxygens (including phenoxy) is 12. The van der Waals surface area contributed by atoms with Gasteiger partial charge in [-0.25, -0.2) is 19.2 Å². The summed E-state index contributed by atoms with van der Waals surface area (Å²) in [5, 5.41) is 0. The van der Waals surface area contributed by atoms with Crippen molar-refractivity contribution in [3.63, 3.8) is 0 Å². The monoisotopic (exact) mass is 798 g/mol. The van der Waals surface area contributed by atoms with Crippen LogP contribution in [0.4, 0.5) is 19.2 Å². The first kappa shape index (κ1) is 38.1. The van der Waals surface area contributed by atoms with Gasteiger partial charge in [-0.2, -0.15) is 0 Å². The Balaban J connectivity index is 1.09. The van der Waals surface area contributed by atoms with E-state index < -0.39 is 49.0 Å². The van der Waals surface area contributed by atoms with Gasteiger partial charge in [0.15, 0.2) is 24.4 Å². The van der Waals surface area contributed by atoms with Crippen LogP contribution in [0, 0.1) is 0 Å². The van der Waals surface area contributed by atoms with E-state index in [1.165, 1.54) is 0 Å². The highest BCUT2D eigenvalue weighted by Crippen LogP contribution is 2.44. The summed E-state index contributed by atoms with van der Waals surface area (Å²) in [6.45, 7) is 1.05. The third-order valence-electron chi connectivity index (χ3n) is 9.63. The molecular formula is C42H38O16. The van der Waals surface area contributed by atoms with Gasteiger partial charge in [0.2, 0.25) is 0 Å². The molecule has 302 valence electrons. The van der Waals surface area contributed by atoms with Gasteiger partial charge in [0, 0.05) is 11.8 Å². The number of cyclic esters (lactones) is 8. The number of hydrogen-bond acceptors (Lipinski definition) is 16. The molecule has 0 N–H and O–H groups in total. The molecule has 0 spiro atoms.